The third-order valence-electron chi connectivity index (χ3n) is 6.94. The maximum atomic E-state index is 10.6. The molecular weight excluding hydrogens is 448 g/mol. The Morgan fingerprint density at radius 3 is 0.861 bits per heavy atom. The molecule has 0 saturated carbocycles. The van der Waals surface area contributed by atoms with Gasteiger partial charge in [-0.25, -0.2) is 0 Å². The maximum Gasteiger partial charge on any atom is 0.303 e. The average molecular weight is 495 g/mol. The van der Waals surface area contributed by atoms with Gasteiger partial charge in [-0.1, -0.05) is 87.1 Å². The number of benzene rings is 2. The van der Waals surface area contributed by atoms with Gasteiger partial charge in [-0.15, -0.1) is 0 Å². The molecule has 0 aliphatic rings. The quantitative estimate of drug-likeness (QED) is 0.172. The van der Waals surface area contributed by atoms with E-state index in [1.807, 2.05) is 0 Å². The lowest BCUT2D eigenvalue weighted by atomic mass is 10.0. The number of carboxylic acid groups (broad SMARTS) is 2. The van der Waals surface area contributed by atoms with Crippen LogP contribution in [0.2, 0.25) is 0 Å². The van der Waals surface area contributed by atoms with Crippen molar-refractivity contribution >= 4 is 11.9 Å². The normalized spacial score (nSPS) is 11.0. The van der Waals surface area contributed by atoms with Crippen molar-refractivity contribution in [1.82, 2.24) is 0 Å². The second kappa shape index (κ2) is 18.6. The zero-order valence-electron chi connectivity index (χ0n) is 22.1. The van der Waals surface area contributed by atoms with Gasteiger partial charge in [0, 0.05) is 12.8 Å². The molecule has 4 nitrogen and oxygen atoms in total. The molecule has 36 heavy (non-hydrogen) atoms. The molecule has 0 unspecified atom stereocenters. The largest absolute Gasteiger partial charge is 0.481 e. The van der Waals surface area contributed by atoms with Crippen molar-refractivity contribution in [2.24, 2.45) is 0 Å². The Morgan fingerprint density at radius 2 is 0.611 bits per heavy atom. The maximum absolute atomic E-state index is 10.6. The highest BCUT2D eigenvalue weighted by Crippen LogP contribution is 2.15. The minimum Gasteiger partial charge on any atom is -0.481 e. The zero-order valence-corrected chi connectivity index (χ0v) is 22.1. The third kappa shape index (κ3) is 14.7. The van der Waals surface area contributed by atoms with Crippen molar-refractivity contribution in [3.63, 3.8) is 0 Å². The van der Waals surface area contributed by atoms with Gasteiger partial charge in [0.05, 0.1) is 0 Å². The molecule has 2 rings (SSSR count). The number of aryl methyl sites for hydroxylation is 4. The van der Waals surface area contributed by atoms with Crippen LogP contribution in [-0.4, -0.2) is 22.2 Å². The van der Waals surface area contributed by atoms with Crippen LogP contribution < -0.4 is 0 Å². The minimum absolute atomic E-state index is 0.271. The van der Waals surface area contributed by atoms with Crippen LogP contribution in [0.4, 0.5) is 0 Å². The molecule has 0 radical (unpaired) electrons. The summed E-state index contributed by atoms with van der Waals surface area (Å²) in [6, 6.07) is 17.8. The Kier molecular flexibility index (Phi) is 15.3. The standard InChI is InChI=1S/C32H46O4/c33-31(34)17-11-9-15-29-23-19-27(20-24-29)13-7-5-3-1-2-4-6-8-14-28-21-25-30(26-22-28)16-10-12-18-32(35)36/h19-26H,1-18H2,(H,33,34)(H,35,36). The number of hydrogen-bond donors (Lipinski definition) is 2. The molecule has 0 heterocycles. The summed E-state index contributed by atoms with van der Waals surface area (Å²) in [4.78, 5) is 21.1. The van der Waals surface area contributed by atoms with Gasteiger partial charge in [0.25, 0.3) is 0 Å². The average Bonchev–Trinajstić information content (AvgIpc) is 2.87. The van der Waals surface area contributed by atoms with E-state index >= 15 is 0 Å². The van der Waals surface area contributed by atoms with Gasteiger partial charge in [-0.05, 0) is 86.5 Å². The Bertz CT molecular complexity index is 781. The van der Waals surface area contributed by atoms with Gasteiger partial charge in [0.1, 0.15) is 0 Å². The Hall–Kier alpha value is -2.62. The van der Waals surface area contributed by atoms with E-state index in [9.17, 15) is 9.59 Å². The van der Waals surface area contributed by atoms with E-state index in [1.165, 1.54) is 73.6 Å². The van der Waals surface area contributed by atoms with Crippen LogP contribution in [0.3, 0.4) is 0 Å². The molecule has 0 fully saturated rings. The van der Waals surface area contributed by atoms with E-state index in [4.69, 9.17) is 10.2 Å². The number of aliphatic carboxylic acids is 2. The second-order valence-corrected chi connectivity index (χ2v) is 10.2. The van der Waals surface area contributed by atoms with Crippen LogP contribution in [0.1, 0.15) is 112 Å². The lowest BCUT2D eigenvalue weighted by Crippen LogP contribution is -1.95. The first-order chi connectivity index (χ1) is 17.5. The van der Waals surface area contributed by atoms with Crippen LogP contribution in [0, 0.1) is 0 Å². The topological polar surface area (TPSA) is 74.6 Å². The Labute approximate surface area is 218 Å². The van der Waals surface area contributed by atoms with Crippen molar-refractivity contribution in [3.05, 3.63) is 70.8 Å². The highest BCUT2D eigenvalue weighted by Gasteiger charge is 2.01. The van der Waals surface area contributed by atoms with E-state index in [0.717, 1.165) is 51.4 Å². The summed E-state index contributed by atoms with van der Waals surface area (Å²) in [6.45, 7) is 0. The predicted molar refractivity (Wildman–Crippen MR) is 148 cm³/mol. The predicted octanol–water partition coefficient (Wildman–Crippen LogP) is 8.19. The number of carbonyl (C=O) groups is 2. The van der Waals surface area contributed by atoms with E-state index < -0.39 is 11.9 Å². The summed E-state index contributed by atoms with van der Waals surface area (Å²) in [5.41, 5.74) is 5.45. The number of rotatable bonds is 21. The SMILES string of the molecule is O=C(O)CCCCc1ccc(CCCCCCCCCCc2ccc(CCCCC(=O)O)cc2)cc1. The highest BCUT2D eigenvalue weighted by molar-refractivity contribution is 5.66. The zero-order chi connectivity index (χ0) is 25.8. The number of carboxylic acids is 2. The van der Waals surface area contributed by atoms with Gasteiger partial charge >= 0.3 is 11.9 Å². The molecule has 198 valence electrons. The van der Waals surface area contributed by atoms with E-state index in [2.05, 4.69) is 48.5 Å². The highest BCUT2D eigenvalue weighted by atomic mass is 16.4. The molecule has 0 spiro atoms. The monoisotopic (exact) mass is 494 g/mol. The van der Waals surface area contributed by atoms with Gasteiger partial charge in [0.15, 0.2) is 0 Å². The first-order valence-electron chi connectivity index (χ1n) is 14.1. The third-order valence-corrected chi connectivity index (χ3v) is 6.94. The molecule has 0 saturated heterocycles. The summed E-state index contributed by atoms with van der Waals surface area (Å²) in [7, 11) is 0. The summed E-state index contributed by atoms with van der Waals surface area (Å²) in [6.07, 6.45) is 18.6. The van der Waals surface area contributed by atoms with E-state index in [1.54, 1.807) is 0 Å². The van der Waals surface area contributed by atoms with Gasteiger partial charge in [-0.3, -0.25) is 9.59 Å². The molecule has 0 atom stereocenters. The second-order valence-electron chi connectivity index (χ2n) is 10.2. The van der Waals surface area contributed by atoms with E-state index in [0.29, 0.717) is 0 Å². The van der Waals surface area contributed by atoms with Crippen molar-refractivity contribution in [1.29, 1.82) is 0 Å². The molecule has 2 N–H and O–H groups in total. The molecule has 0 bridgehead atoms. The molecule has 2 aromatic carbocycles. The Morgan fingerprint density at radius 1 is 0.389 bits per heavy atom. The first kappa shape index (κ1) is 29.6. The van der Waals surface area contributed by atoms with Crippen molar-refractivity contribution in [2.45, 2.75) is 116 Å². The lowest BCUT2D eigenvalue weighted by molar-refractivity contribution is -0.138. The number of hydrogen-bond acceptors (Lipinski definition) is 2. The summed E-state index contributed by atoms with van der Waals surface area (Å²) >= 11 is 0. The fourth-order valence-electron chi connectivity index (χ4n) is 4.67. The fraction of sp³-hybridized carbons (Fsp3) is 0.562. The van der Waals surface area contributed by atoms with E-state index in [-0.39, 0.29) is 12.8 Å². The fourth-order valence-corrected chi connectivity index (χ4v) is 4.67. The van der Waals surface area contributed by atoms with Crippen LogP contribution in [0.5, 0.6) is 0 Å². The smallest absolute Gasteiger partial charge is 0.303 e. The number of unbranched alkanes of at least 4 members (excludes halogenated alkanes) is 9. The van der Waals surface area contributed by atoms with Crippen LogP contribution in [-0.2, 0) is 35.3 Å². The molecule has 0 aliphatic carbocycles. The molecule has 4 heteroatoms. The minimum atomic E-state index is -0.701. The molecule has 0 amide bonds. The van der Waals surface area contributed by atoms with Crippen molar-refractivity contribution in [2.75, 3.05) is 0 Å². The summed E-state index contributed by atoms with van der Waals surface area (Å²) < 4.78 is 0. The van der Waals surface area contributed by atoms with Crippen molar-refractivity contribution < 1.29 is 19.8 Å². The molecule has 0 aromatic heterocycles. The van der Waals surface area contributed by atoms with Gasteiger partial charge in [0.2, 0.25) is 0 Å². The van der Waals surface area contributed by atoms with Crippen LogP contribution in [0.25, 0.3) is 0 Å². The van der Waals surface area contributed by atoms with Gasteiger partial charge in [-0.2, -0.15) is 0 Å². The Balaban J connectivity index is 1.41. The van der Waals surface area contributed by atoms with Crippen LogP contribution >= 0.6 is 0 Å². The molecule has 2 aromatic rings. The van der Waals surface area contributed by atoms with Crippen molar-refractivity contribution in [3.8, 4) is 0 Å². The molecular formula is C32H46O4. The summed E-state index contributed by atoms with van der Waals surface area (Å²) in [5.74, 6) is -1.40. The van der Waals surface area contributed by atoms with Crippen LogP contribution in [0.15, 0.2) is 48.5 Å². The summed E-state index contributed by atoms with van der Waals surface area (Å²) in [5, 5.41) is 17.4. The van der Waals surface area contributed by atoms with Gasteiger partial charge < -0.3 is 10.2 Å². The first-order valence-corrected chi connectivity index (χ1v) is 14.1. The lowest BCUT2D eigenvalue weighted by Gasteiger charge is -2.06. The molecule has 0 aliphatic heterocycles.